The minimum atomic E-state index is -2.87. The molecule has 0 amide bonds. The normalized spacial score (nSPS) is 9.06. The van der Waals surface area contributed by atoms with E-state index in [-0.39, 0.29) is 0 Å². The van der Waals surface area contributed by atoms with Crippen LogP contribution in [0.3, 0.4) is 0 Å². The lowest BCUT2D eigenvalue weighted by atomic mass is 10.4. The maximum atomic E-state index is 8.70. The monoisotopic (exact) mass is 267 g/mol. The number of hydrogen-bond donors (Lipinski definition) is 2. The van der Waals surface area contributed by atoms with Crippen LogP contribution in [0.5, 0.6) is 0 Å². The fourth-order valence-electron chi connectivity index (χ4n) is 1.21. The molecule has 2 N–H and O–H groups in total. The summed E-state index contributed by atoms with van der Waals surface area (Å²) in [7, 11) is -2.09. The zero-order valence-electron chi connectivity index (χ0n) is 9.02. The Balaban J connectivity index is 0.000000317. The quantitative estimate of drug-likeness (QED) is 0.817. The van der Waals surface area contributed by atoms with Gasteiger partial charge in [-0.2, -0.15) is 0 Å². The van der Waals surface area contributed by atoms with Crippen LogP contribution in [0.25, 0.3) is 0 Å². The highest BCUT2D eigenvalue weighted by atomic mass is 31.1. The van der Waals surface area contributed by atoms with Gasteiger partial charge in [0, 0.05) is 4.57 Å². The van der Waals surface area contributed by atoms with Crippen LogP contribution in [0.4, 0.5) is 0 Å². The van der Waals surface area contributed by atoms with Gasteiger partial charge in [0.1, 0.15) is 0 Å². The molecule has 0 fully saturated rings. The Labute approximate surface area is 103 Å². The molecule has 2 aromatic rings. The third-order valence-electron chi connectivity index (χ3n) is 1.84. The molecular formula is C12H13O3P2+. The molecule has 2 rings (SSSR count). The molecule has 0 bridgehead atoms. The minimum absolute atomic E-state index is 0.777. The number of rotatable bonds is 2. The molecule has 0 aliphatic carbocycles. The van der Waals surface area contributed by atoms with E-state index in [1.54, 1.807) is 0 Å². The van der Waals surface area contributed by atoms with Gasteiger partial charge in [-0.05, 0) is 10.6 Å². The van der Waals surface area contributed by atoms with Crippen LogP contribution in [0.15, 0.2) is 60.7 Å². The highest BCUT2D eigenvalue weighted by Gasteiger charge is 1.93. The van der Waals surface area contributed by atoms with Crippen LogP contribution < -0.4 is 10.6 Å². The average molecular weight is 267 g/mol. The SMILES string of the molecule is O=[P+](O)O.c1ccc(Pc2ccccc2)cc1. The fourth-order valence-corrected chi connectivity index (χ4v) is 2.26. The summed E-state index contributed by atoms with van der Waals surface area (Å²) in [6.07, 6.45) is 0. The Morgan fingerprint density at radius 3 is 1.35 bits per heavy atom. The van der Waals surface area contributed by atoms with Gasteiger partial charge < -0.3 is 0 Å². The highest BCUT2D eigenvalue weighted by Crippen LogP contribution is 2.08. The van der Waals surface area contributed by atoms with Gasteiger partial charge in [-0.3, -0.25) is 0 Å². The zero-order valence-corrected chi connectivity index (χ0v) is 10.9. The summed E-state index contributed by atoms with van der Waals surface area (Å²) in [5.74, 6) is 0. The summed E-state index contributed by atoms with van der Waals surface area (Å²) in [6, 6.07) is 21.2. The second-order valence-electron chi connectivity index (χ2n) is 3.11. The van der Waals surface area contributed by atoms with Crippen LogP contribution in [-0.2, 0) is 4.57 Å². The van der Waals surface area contributed by atoms with Crippen molar-refractivity contribution in [2.45, 2.75) is 0 Å². The van der Waals surface area contributed by atoms with Gasteiger partial charge in [0.25, 0.3) is 0 Å². The van der Waals surface area contributed by atoms with Crippen molar-refractivity contribution in [1.29, 1.82) is 0 Å². The van der Waals surface area contributed by atoms with Crippen LogP contribution >= 0.6 is 16.8 Å². The predicted octanol–water partition coefficient (Wildman–Crippen LogP) is 1.94. The molecule has 0 heterocycles. The molecule has 0 aliphatic rings. The molecule has 5 heteroatoms. The van der Waals surface area contributed by atoms with E-state index in [0.29, 0.717) is 0 Å². The lowest BCUT2D eigenvalue weighted by Crippen LogP contribution is -2.01. The van der Waals surface area contributed by atoms with Crippen LogP contribution in [0.2, 0.25) is 0 Å². The van der Waals surface area contributed by atoms with E-state index in [4.69, 9.17) is 14.4 Å². The predicted molar refractivity (Wildman–Crippen MR) is 72.5 cm³/mol. The third-order valence-corrected chi connectivity index (χ3v) is 3.08. The smallest absolute Gasteiger partial charge is 0.134 e. The first-order valence-corrected chi connectivity index (χ1v) is 7.07. The van der Waals surface area contributed by atoms with E-state index >= 15 is 0 Å². The van der Waals surface area contributed by atoms with Crippen LogP contribution in [0.1, 0.15) is 0 Å². The maximum Gasteiger partial charge on any atom is 0.692 e. The lowest BCUT2D eigenvalue weighted by molar-refractivity contribution is 0.405. The van der Waals surface area contributed by atoms with Crippen molar-refractivity contribution in [3.63, 3.8) is 0 Å². The maximum absolute atomic E-state index is 8.70. The summed E-state index contributed by atoms with van der Waals surface area (Å²) in [5.41, 5.74) is 0. The van der Waals surface area contributed by atoms with Gasteiger partial charge in [0.15, 0.2) is 0 Å². The molecular weight excluding hydrogens is 254 g/mol. The van der Waals surface area contributed by atoms with Crippen molar-refractivity contribution in [3.8, 4) is 0 Å². The van der Waals surface area contributed by atoms with Gasteiger partial charge >= 0.3 is 8.25 Å². The van der Waals surface area contributed by atoms with E-state index < -0.39 is 8.25 Å². The molecule has 3 nitrogen and oxygen atoms in total. The van der Waals surface area contributed by atoms with Crippen molar-refractivity contribution < 1.29 is 14.4 Å². The Morgan fingerprint density at radius 2 is 1.06 bits per heavy atom. The standard InChI is InChI=1S/C12H11P.HO3P/c1-3-7-11(8-4-1)13-12-9-5-2-6-10-12;1-4(2)3/h1-10,13H;(H-,1,2,3)/p+1. The molecule has 0 radical (unpaired) electrons. The first kappa shape index (κ1) is 14.0. The summed E-state index contributed by atoms with van der Waals surface area (Å²) >= 11 is 0. The number of hydrogen-bond acceptors (Lipinski definition) is 1. The van der Waals surface area contributed by atoms with Gasteiger partial charge in [-0.1, -0.05) is 69.2 Å². The second kappa shape index (κ2) is 8.05. The van der Waals surface area contributed by atoms with Crippen molar-refractivity contribution in [2.75, 3.05) is 0 Å². The second-order valence-corrected chi connectivity index (χ2v) is 5.02. The molecule has 0 spiro atoms. The Kier molecular flexibility index (Phi) is 6.61. The van der Waals surface area contributed by atoms with Crippen molar-refractivity contribution >= 4 is 27.4 Å². The Hall–Kier alpha value is -1.11. The van der Waals surface area contributed by atoms with Crippen LogP contribution in [0, 0.1) is 0 Å². The zero-order chi connectivity index (χ0) is 12.5. The molecule has 0 aliphatic heterocycles. The Bertz CT molecular complexity index is 404. The largest absolute Gasteiger partial charge is 0.692 e. The van der Waals surface area contributed by atoms with Gasteiger partial charge in [-0.15, -0.1) is 9.79 Å². The summed E-state index contributed by atoms with van der Waals surface area (Å²) in [4.78, 5) is 14.2. The number of benzene rings is 2. The van der Waals surface area contributed by atoms with Gasteiger partial charge in [0.2, 0.25) is 0 Å². The molecule has 17 heavy (non-hydrogen) atoms. The molecule has 0 unspecified atom stereocenters. The molecule has 0 atom stereocenters. The average Bonchev–Trinajstić information content (AvgIpc) is 2.31. The van der Waals surface area contributed by atoms with Crippen molar-refractivity contribution in [3.05, 3.63) is 60.7 Å². The fraction of sp³-hybridized carbons (Fsp3) is 0. The molecule has 0 aromatic heterocycles. The van der Waals surface area contributed by atoms with Crippen molar-refractivity contribution in [1.82, 2.24) is 0 Å². The van der Waals surface area contributed by atoms with E-state index in [1.165, 1.54) is 10.6 Å². The van der Waals surface area contributed by atoms with E-state index in [1.807, 2.05) is 0 Å². The molecule has 88 valence electrons. The third kappa shape index (κ3) is 6.93. The van der Waals surface area contributed by atoms with Gasteiger partial charge in [-0.25, -0.2) is 0 Å². The summed E-state index contributed by atoms with van der Waals surface area (Å²) in [5, 5.41) is 2.79. The lowest BCUT2D eigenvalue weighted by Gasteiger charge is -2.00. The summed E-state index contributed by atoms with van der Waals surface area (Å²) < 4.78 is 8.70. The minimum Gasteiger partial charge on any atom is -0.134 e. The first-order chi connectivity index (χ1) is 8.18. The van der Waals surface area contributed by atoms with Crippen molar-refractivity contribution in [2.24, 2.45) is 0 Å². The van der Waals surface area contributed by atoms with E-state index in [9.17, 15) is 0 Å². The van der Waals surface area contributed by atoms with E-state index in [0.717, 1.165) is 8.58 Å². The topological polar surface area (TPSA) is 57.5 Å². The summed E-state index contributed by atoms with van der Waals surface area (Å²) in [6.45, 7) is 0. The van der Waals surface area contributed by atoms with E-state index in [2.05, 4.69) is 60.7 Å². The molecule has 0 saturated heterocycles. The highest BCUT2D eigenvalue weighted by molar-refractivity contribution is 7.55. The van der Waals surface area contributed by atoms with Crippen LogP contribution in [-0.4, -0.2) is 9.79 Å². The van der Waals surface area contributed by atoms with Gasteiger partial charge in [0.05, 0.1) is 0 Å². The Morgan fingerprint density at radius 1 is 0.765 bits per heavy atom. The first-order valence-electron chi connectivity index (χ1n) is 4.90. The molecule has 2 aromatic carbocycles. The molecule has 0 saturated carbocycles.